The highest BCUT2D eigenvalue weighted by molar-refractivity contribution is 7.11. The van der Waals surface area contributed by atoms with E-state index in [1.165, 1.54) is 33.3 Å². The monoisotopic (exact) mass is 399 g/mol. The minimum absolute atomic E-state index is 0.136. The van der Waals surface area contributed by atoms with Crippen LogP contribution in [0.3, 0.4) is 0 Å². The van der Waals surface area contributed by atoms with Crippen LogP contribution in [0.4, 0.5) is 0 Å². The Kier molecular flexibility index (Phi) is 6.16. The van der Waals surface area contributed by atoms with Gasteiger partial charge in [0, 0.05) is 10.4 Å². The Morgan fingerprint density at radius 3 is 2.59 bits per heavy atom. The summed E-state index contributed by atoms with van der Waals surface area (Å²) in [6, 6.07) is 12.6. The van der Waals surface area contributed by atoms with Gasteiger partial charge in [-0.3, -0.25) is 14.2 Å². The minimum Gasteiger partial charge on any atom is -0.463 e. The molecule has 0 aliphatic carbocycles. The number of ketones is 1. The number of carbonyl (C=O) groups is 2. The molecule has 0 N–H and O–H groups in total. The van der Waals surface area contributed by atoms with Crippen LogP contribution in [0.1, 0.15) is 22.2 Å². The van der Waals surface area contributed by atoms with Crippen LogP contribution in [0.2, 0.25) is 0 Å². The van der Waals surface area contributed by atoms with Crippen molar-refractivity contribution < 1.29 is 14.3 Å². The molecular weight excluding hydrogens is 382 g/mol. The zero-order chi connectivity index (χ0) is 19.2. The third-order valence-corrected chi connectivity index (χ3v) is 5.56. The van der Waals surface area contributed by atoms with Crippen LogP contribution in [0.15, 0.2) is 52.6 Å². The van der Waals surface area contributed by atoms with Crippen molar-refractivity contribution in [3.63, 3.8) is 0 Å². The first-order chi connectivity index (χ1) is 13.1. The lowest BCUT2D eigenvalue weighted by Crippen LogP contribution is -2.34. The summed E-state index contributed by atoms with van der Waals surface area (Å²) in [5, 5.41) is 1.92. The lowest BCUT2D eigenvalue weighted by atomic mass is 10.1. The number of nitrogens with zero attached hydrogens (tertiary/aromatic N) is 1. The molecule has 27 heavy (non-hydrogen) atoms. The first-order valence-corrected chi connectivity index (χ1v) is 9.99. The molecule has 2 heterocycles. The molecule has 3 aromatic rings. The van der Waals surface area contributed by atoms with E-state index in [4.69, 9.17) is 4.74 Å². The number of Topliss-reactive ketones (excluding diaryl/α,β-unsaturated/α-hetero) is 1. The smallest absolute Gasteiger partial charge is 0.333 e. The second-order valence-corrected chi connectivity index (χ2v) is 7.58. The van der Waals surface area contributed by atoms with Crippen molar-refractivity contribution in [2.45, 2.75) is 13.5 Å². The number of carbonyl (C=O) groups excluding carboxylic acids is 2. The van der Waals surface area contributed by atoms with Crippen molar-refractivity contribution in [3.8, 4) is 0 Å². The summed E-state index contributed by atoms with van der Waals surface area (Å²) in [5.41, 5.74) is 0.217. The van der Waals surface area contributed by atoms with Gasteiger partial charge in [-0.05, 0) is 24.4 Å². The first-order valence-electron chi connectivity index (χ1n) is 8.30. The number of rotatable bonds is 6. The Hall–Kier alpha value is -2.77. The minimum atomic E-state index is -0.540. The number of thiazole rings is 1. The van der Waals surface area contributed by atoms with E-state index < -0.39 is 5.97 Å². The molecule has 0 saturated heterocycles. The standard InChI is InChI=1S/C20H17NO4S2/c1-2-25-19(23)12-18-21(13-16(22)14-7-4-3-5-8-14)20(24)17(27-18)11-15-9-6-10-26-15/h3-12H,2,13H2,1H3/b17-11-,18-12-. The van der Waals surface area contributed by atoms with E-state index >= 15 is 0 Å². The van der Waals surface area contributed by atoms with Gasteiger partial charge in [0.2, 0.25) is 0 Å². The normalized spacial score (nSPS) is 12.3. The van der Waals surface area contributed by atoms with E-state index in [1.54, 1.807) is 37.3 Å². The maximum absolute atomic E-state index is 12.8. The Morgan fingerprint density at radius 1 is 1.15 bits per heavy atom. The Morgan fingerprint density at radius 2 is 1.93 bits per heavy atom. The average molecular weight is 399 g/mol. The van der Waals surface area contributed by atoms with Crippen molar-refractivity contribution in [3.05, 3.63) is 77.8 Å². The van der Waals surface area contributed by atoms with Crippen LogP contribution in [0.25, 0.3) is 12.2 Å². The summed E-state index contributed by atoms with van der Waals surface area (Å²) in [6.07, 6.45) is 3.03. The fourth-order valence-corrected chi connectivity index (χ4v) is 4.19. The largest absolute Gasteiger partial charge is 0.463 e. The summed E-state index contributed by atoms with van der Waals surface area (Å²) in [5.74, 6) is -0.737. The van der Waals surface area contributed by atoms with Crippen molar-refractivity contribution in [1.82, 2.24) is 4.57 Å². The van der Waals surface area contributed by atoms with Crippen LogP contribution >= 0.6 is 22.7 Å². The summed E-state index contributed by atoms with van der Waals surface area (Å²) in [7, 11) is 0. The molecule has 0 aliphatic rings. The summed E-state index contributed by atoms with van der Waals surface area (Å²) in [6.45, 7) is 1.81. The molecule has 3 rings (SSSR count). The summed E-state index contributed by atoms with van der Waals surface area (Å²) < 4.78 is 7.14. The number of hydrogen-bond acceptors (Lipinski definition) is 6. The van der Waals surface area contributed by atoms with Gasteiger partial charge in [-0.2, -0.15) is 0 Å². The van der Waals surface area contributed by atoms with Crippen LogP contribution in [0.5, 0.6) is 0 Å². The predicted molar refractivity (Wildman–Crippen MR) is 108 cm³/mol. The van der Waals surface area contributed by atoms with Crippen molar-refractivity contribution in [2.24, 2.45) is 0 Å². The Labute approximate surface area is 163 Å². The fourth-order valence-electron chi connectivity index (χ4n) is 2.44. The molecule has 1 aromatic carbocycles. The average Bonchev–Trinajstić information content (AvgIpc) is 3.27. The lowest BCUT2D eigenvalue weighted by Gasteiger charge is -2.02. The number of esters is 1. The molecule has 0 fully saturated rings. The van der Waals surface area contributed by atoms with Gasteiger partial charge in [0.05, 0.1) is 23.8 Å². The SMILES string of the molecule is CCOC(=O)/C=c1\s/c(=C\c2cccs2)c(=O)n1CC(=O)c1ccccc1. The second kappa shape index (κ2) is 8.75. The van der Waals surface area contributed by atoms with E-state index in [0.29, 0.717) is 14.8 Å². The van der Waals surface area contributed by atoms with Gasteiger partial charge in [0.15, 0.2) is 5.78 Å². The first kappa shape index (κ1) is 19.0. The number of hydrogen-bond donors (Lipinski definition) is 0. The van der Waals surface area contributed by atoms with Crippen molar-refractivity contribution >= 4 is 46.6 Å². The molecule has 138 valence electrons. The van der Waals surface area contributed by atoms with Gasteiger partial charge in [-0.1, -0.05) is 36.4 Å². The second-order valence-electron chi connectivity index (χ2n) is 5.54. The maximum Gasteiger partial charge on any atom is 0.333 e. The third kappa shape index (κ3) is 4.69. The lowest BCUT2D eigenvalue weighted by molar-refractivity contribution is -0.135. The van der Waals surface area contributed by atoms with E-state index in [9.17, 15) is 14.4 Å². The highest BCUT2D eigenvalue weighted by atomic mass is 32.1. The van der Waals surface area contributed by atoms with Gasteiger partial charge in [-0.25, -0.2) is 4.79 Å². The molecule has 0 spiro atoms. The highest BCUT2D eigenvalue weighted by Gasteiger charge is 2.12. The molecule has 0 aliphatic heterocycles. The molecule has 2 aromatic heterocycles. The van der Waals surface area contributed by atoms with E-state index in [1.807, 2.05) is 23.6 Å². The van der Waals surface area contributed by atoms with Crippen LogP contribution < -0.4 is 14.8 Å². The van der Waals surface area contributed by atoms with Gasteiger partial charge in [0.25, 0.3) is 5.56 Å². The number of thiophene rings is 1. The van der Waals surface area contributed by atoms with Gasteiger partial charge >= 0.3 is 5.97 Å². The van der Waals surface area contributed by atoms with E-state index in [0.717, 1.165) is 4.88 Å². The predicted octanol–water partition coefficient (Wildman–Crippen LogP) is 2.03. The van der Waals surface area contributed by atoms with Crippen molar-refractivity contribution in [2.75, 3.05) is 6.61 Å². The Bertz CT molecular complexity index is 1110. The molecule has 0 saturated carbocycles. The fraction of sp³-hybridized carbons (Fsp3) is 0.150. The summed E-state index contributed by atoms with van der Waals surface area (Å²) in [4.78, 5) is 38.2. The van der Waals surface area contributed by atoms with Gasteiger partial charge in [-0.15, -0.1) is 22.7 Å². The number of benzene rings is 1. The highest BCUT2D eigenvalue weighted by Crippen LogP contribution is 2.08. The van der Waals surface area contributed by atoms with Crippen molar-refractivity contribution in [1.29, 1.82) is 0 Å². The van der Waals surface area contributed by atoms with Gasteiger partial charge < -0.3 is 4.74 Å². The summed E-state index contributed by atoms with van der Waals surface area (Å²) >= 11 is 2.68. The third-order valence-electron chi connectivity index (χ3n) is 3.68. The topological polar surface area (TPSA) is 65.4 Å². The van der Waals surface area contributed by atoms with Crippen LogP contribution in [-0.2, 0) is 16.1 Å². The molecular formula is C20H17NO4S2. The molecule has 0 bridgehead atoms. The number of ether oxygens (including phenoxy) is 1. The van der Waals surface area contributed by atoms with Crippen LogP contribution in [0, 0.1) is 0 Å². The zero-order valence-corrected chi connectivity index (χ0v) is 16.2. The van der Waals surface area contributed by atoms with E-state index in [2.05, 4.69) is 0 Å². The van der Waals surface area contributed by atoms with Gasteiger partial charge in [0.1, 0.15) is 4.66 Å². The maximum atomic E-state index is 12.8. The zero-order valence-electron chi connectivity index (χ0n) is 14.6. The molecule has 7 heteroatoms. The number of aromatic nitrogens is 1. The quantitative estimate of drug-likeness (QED) is 0.470. The molecule has 0 radical (unpaired) electrons. The Balaban J connectivity index is 2.07. The molecule has 0 amide bonds. The molecule has 0 atom stereocenters. The molecule has 5 nitrogen and oxygen atoms in total. The van der Waals surface area contributed by atoms with Crippen LogP contribution in [-0.4, -0.2) is 22.9 Å². The van der Waals surface area contributed by atoms with E-state index in [-0.39, 0.29) is 24.5 Å². The molecule has 0 unspecified atom stereocenters.